The number of carbonyl (C=O) groups is 1. The molecule has 8 heteroatoms. The van der Waals surface area contributed by atoms with Crippen molar-refractivity contribution in [2.24, 2.45) is 5.10 Å². The number of thioether (sulfide) groups is 1. The molecule has 1 amide bonds. The maximum absolute atomic E-state index is 11.7. The molecule has 0 aliphatic heterocycles. The summed E-state index contributed by atoms with van der Waals surface area (Å²) in [6.07, 6.45) is 6.18. The molecule has 2 aromatic rings. The fourth-order valence-electron chi connectivity index (χ4n) is 1.57. The summed E-state index contributed by atoms with van der Waals surface area (Å²) in [7, 11) is 0. The summed E-state index contributed by atoms with van der Waals surface area (Å²) in [5.41, 5.74) is 2.83. The van der Waals surface area contributed by atoms with Gasteiger partial charge in [0.2, 0.25) is 0 Å². The standard InChI is InChI=1S/C16H16N4O3S/c1-2-8-23-13-5-4-12(14(21)9-13)10-19-20-15(22)11-24-16-17-6-3-7-18-16/h2-7,9-10,21H,1,8,11H2,(H,20,22)/b19-10+. The lowest BCUT2D eigenvalue weighted by atomic mass is 10.2. The highest BCUT2D eigenvalue weighted by molar-refractivity contribution is 7.99. The Labute approximate surface area is 143 Å². The summed E-state index contributed by atoms with van der Waals surface area (Å²) in [5, 5.41) is 14.2. The van der Waals surface area contributed by atoms with E-state index < -0.39 is 0 Å². The van der Waals surface area contributed by atoms with Gasteiger partial charge >= 0.3 is 0 Å². The Morgan fingerprint density at radius 3 is 2.92 bits per heavy atom. The molecule has 0 unspecified atom stereocenters. The van der Waals surface area contributed by atoms with Gasteiger partial charge in [-0.1, -0.05) is 24.4 Å². The lowest BCUT2D eigenvalue weighted by Crippen LogP contribution is -2.19. The summed E-state index contributed by atoms with van der Waals surface area (Å²) < 4.78 is 5.30. The quantitative estimate of drug-likeness (QED) is 0.250. The van der Waals surface area contributed by atoms with Crippen molar-refractivity contribution in [1.29, 1.82) is 0 Å². The molecule has 0 fully saturated rings. The van der Waals surface area contributed by atoms with Crippen molar-refractivity contribution in [3.63, 3.8) is 0 Å². The molecular weight excluding hydrogens is 328 g/mol. The van der Waals surface area contributed by atoms with Gasteiger partial charge in [0.15, 0.2) is 5.16 Å². The van der Waals surface area contributed by atoms with Gasteiger partial charge in [0.05, 0.1) is 12.0 Å². The van der Waals surface area contributed by atoms with Crippen molar-refractivity contribution < 1.29 is 14.6 Å². The first kappa shape index (κ1) is 17.5. The van der Waals surface area contributed by atoms with Crippen molar-refractivity contribution in [3.05, 3.63) is 54.9 Å². The minimum absolute atomic E-state index is 0.00150. The fourth-order valence-corrected chi connectivity index (χ4v) is 2.17. The second-order valence-corrected chi connectivity index (χ2v) is 5.38. The third-order valence-electron chi connectivity index (χ3n) is 2.64. The van der Waals surface area contributed by atoms with Gasteiger partial charge in [-0.3, -0.25) is 4.79 Å². The second kappa shape index (κ2) is 9.31. The predicted octanol–water partition coefficient (Wildman–Crippen LogP) is 1.99. The van der Waals surface area contributed by atoms with Crippen molar-refractivity contribution in [2.45, 2.75) is 5.16 Å². The van der Waals surface area contributed by atoms with E-state index in [1.54, 1.807) is 36.7 Å². The van der Waals surface area contributed by atoms with Crippen molar-refractivity contribution in [3.8, 4) is 11.5 Å². The van der Waals surface area contributed by atoms with E-state index in [0.29, 0.717) is 23.1 Å². The number of phenolic OH excluding ortho intramolecular Hbond substituents is 1. The maximum atomic E-state index is 11.7. The van der Waals surface area contributed by atoms with Crippen LogP contribution in [-0.2, 0) is 4.79 Å². The van der Waals surface area contributed by atoms with Crippen molar-refractivity contribution in [2.75, 3.05) is 12.4 Å². The van der Waals surface area contributed by atoms with E-state index in [4.69, 9.17) is 4.74 Å². The van der Waals surface area contributed by atoms with E-state index in [2.05, 4.69) is 27.1 Å². The molecule has 0 spiro atoms. The van der Waals surface area contributed by atoms with E-state index in [0.717, 1.165) is 0 Å². The van der Waals surface area contributed by atoms with E-state index in [-0.39, 0.29) is 17.4 Å². The molecule has 7 nitrogen and oxygen atoms in total. The van der Waals surface area contributed by atoms with Crippen LogP contribution in [0.1, 0.15) is 5.56 Å². The molecule has 0 aliphatic carbocycles. The van der Waals surface area contributed by atoms with E-state index in [1.165, 1.54) is 24.0 Å². The van der Waals surface area contributed by atoms with Gasteiger partial charge in [0.1, 0.15) is 18.1 Å². The van der Waals surface area contributed by atoms with Crippen LogP contribution in [0.2, 0.25) is 0 Å². The molecule has 24 heavy (non-hydrogen) atoms. The van der Waals surface area contributed by atoms with Gasteiger partial charge in [-0.05, 0) is 18.2 Å². The van der Waals surface area contributed by atoms with Gasteiger partial charge in [0, 0.05) is 24.0 Å². The molecule has 0 aliphatic rings. The molecule has 2 rings (SSSR count). The molecule has 124 valence electrons. The van der Waals surface area contributed by atoms with Crippen LogP contribution in [0.15, 0.2) is 59.6 Å². The normalized spacial score (nSPS) is 10.5. The number of amides is 1. The van der Waals surface area contributed by atoms with Gasteiger partial charge in [0.25, 0.3) is 5.91 Å². The molecular formula is C16H16N4O3S. The average Bonchev–Trinajstić information content (AvgIpc) is 2.60. The highest BCUT2D eigenvalue weighted by Gasteiger charge is 2.04. The molecule has 0 saturated carbocycles. The first-order valence-electron chi connectivity index (χ1n) is 6.97. The van der Waals surface area contributed by atoms with Gasteiger partial charge in [-0.25, -0.2) is 15.4 Å². The van der Waals surface area contributed by atoms with Gasteiger partial charge in [-0.2, -0.15) is 5.10 Å². The average molecular weight is 344 g/mol. The lowest BCUT2D eigenvalue weighted by Gasteiger charge is -2.05. The topological polar surface area (TPSA) is 96.7 Å². The highest BCUT2D eigenvalue weighted by Crippen LogP contribution is 2.22. The second-order valence-electron chi connectivity index (χ2n) is 4.43. The van der Waals surface area contributed by atoms with Crippen LogP contribution < -0.4 is 10.2 Å². The summed E-state index contributed by atoms with van der Waals surface area (Å²) in [6, 6.07) is 6.49. The number of phenols is 1. The van der Waals surface area contributed by atoms with Crippen LogP contribution >= 0.6 is 11.8 Å². The smallest absolute Gasteiger partial charge is 0.250 e. The zero-order chi connectivity index (χ0) is 17.2. The van der Waals surface area contributed by atoms with Crippen LogP contribution in [0.3, 0.4) is 0 Å². The number of ether oxygens (including phenoxy) is 1. The number of hydrogen-bond donors (Lipinski definition) is 2. The molecule has 2 N–H and O–H groups in total. The Kier molecular flexibility index (Phi) is 6.78. The van der Waals surface area contributed by atoms with Crippen LogP contribution in [0.4, 0.5) is 0 Å². The lowest BCUT2D eigenvalue weighted by molar-refractivity contribution is -0.118. The Bertz CT molecular complexity index is 723. The Morgan fingerprint density at radius 1 is 1.42 bits per heavy atom. The summed E-state index contributed by atoms with van der Waals surface area (Å²) in [4.78, 5) is 19.7. The Hall–Kier alpha value is -2.87. The highest BCUT2D eigenvalue weighted by atomic mass is 32.2. The van der Waals surface area contributed by atoms with Gasteiger partial charge < -0.3 is 9.84 Å². The molecule has 0 radical (unpaired) electrons. The largest absolute Gasteiger partial charge is 0.507 e. The fraction of sp³-hybridized carbons (Fsp3) is 0.125. The maximum Gasteiger partial charge on any atom is 0.250 e. The number of rotatable bonds is 8. The van der Waals surface area contributed by atoms with E-state index >= 15 is 0 Å². The summed E-state index contributed by atoms with van der Waals surface area (Å²) in [6.45, 7) is 3.90. The zero-order valence-electron chi connectivity index (χ0n) is 12.8. The molecule has 1 heterocycles. The Morgan fingerprint density at radius 2 is 2.21 bits per heavy atom. The monoisotopic (exact) mass is 344 g/mol. The molecule has 0 atom stereocenters. The van der Waals surface area contributed by atoms with E-state index in [1.807, 2.05) is 0 Å². The molecule has 0 saturated heterocycles. The zero-order valence-corrected chi connectivity index (χ0v) is 13.6. The number of benzene rings is 1. The van der Waals surface area contributed by atoms with Crippen LogP contribution in [0.25, 0.3) is 0 Å². The summed E-state index contributed by atoms with van der Waals surface area (Å²) in [5.74, 6) is 0.366. The number of nitrogens with one attached hydrogen (secondary N) is 1. The van der Waals surface area contributed by atoms with Crippen molar-refractivity contribution >= 4 is 23.9 Å². The van der Waals surface area contributed by atoms with Crippen molar-refractivity contribution in [1.82, 2.24) is 15.4 Å². The number of carbonyl (C=O) groups excluding carboxylic acids is 1. The third kappa shape index (κ3) is 5.73. The molecule has 1 aromatic heterocycles. The summed E-state index contributed by atoms with van der Waals surface area (Å²) >= 11 is 1.21. The van der Waals surface area contributed by atoms with Gasteiger partial charge in [-0.15, -0.1) is 0 Å². The van der Waals surface area contributed by atoms with E-state index in [9.17, 15) is 9.90 Å². The molecule has 0 bridgehead atoms. The first-order chi connectivity index (χ1) is 11.7. The molecule has 1 aromatic carbocycles. The number of aromatic nitrogens is 2. The third-order valence-corrected chi connectivity index (χ3v) is 3.51. The number of nitrogens with zero attached hydrogens (tertiary/aromatic N) is 3. The Balaban J connectivity index is 1.82. The minimum Gasteiger partial charge on any atom is -0.507 e. The minimum atomic E-state index is -0.297. The predicted molar refractivity (Wildman–Crippen MR) is 92.3 cm³/mol. The number of aromatic hydroxyl groups is 1. The van der Waals surface area contributed by atoms with Crippen LogP contribution in [-0.4, -0.2) is 39.6 Å². The SMILES string of the molecule is C=CCOc1ccc(/C=N/NC(=O)CSc2ncccn2)c(O)c1. The van der Waals surface area contributed by atoms with Crippen LogP contribution in [0.5, 0.6) is 11.5 Å². The number of hydrogen-bond acceptors (Lipinski definition) is 7. The first-order valence-corrected chi connectivity index (χ1v) is 7.96. The van der Waals surface area contributed by atoms with Crippen LogP contribution in [0, 0.1) is 0 Å². The number of hydrazone groups is 1.